The summed E-state index contributed by atoms with van der Waals surface area (Å²) in [6.07, 6.45) is 3.63. The van der Waals surface area contributed by atoms with Gasteiger partial charge in [0.05, 0.1) is 12.6 Å². The second kappa shape index (κ2) is 8.15. The standard InChI is InChI=1S/C17H27N3O2/c1-14(13-21)19(2)17(22)18-16-7-5-6-15(12-16)8-11-20-9-3-4-10-20/h5-7,12,14,21H,3-4,8-11,13H2,1-2H3,(H,18,22). The molecule has 5 heteroatoms. The van der Waals surface area contributed by atoms with Crippen LogP contribution in [0.4, 0.5) is 10.5 Å². The van der Waals surface area contributed by atoms with E-state index < -0.39 is 0 Å². The lowest BCUT2D eigenvalue weighted by molar-refractivity contribution is 0.166. The van der Waals surface area contributed by atoms with Crippen molar-refractivity contribution in [2.24, 2.45) is 0 Å². The molecule has 1 unspecified atom stereocenters. The van der Waals surface area contributed by atoms with Crippen LogP contribution in [0.2, 0.25) is 0 Å². The van der Waals surface area contributed by atoms with E-state index >= 15 is 0 Å². The summed E-state index contributed by atoms with van der Waals surface area (Å²) in [5.74, 6) is 0. The highest BCUT2D eigenvalue weighted by Gasteiger charge is 2.15. The number of likely N-dealkylation sites (tertiary alicyclic amines) is 1. The predicted octanol–water partition coefficient (Wildman–Crippen LogP) is 2.17. The SMILES string of the molecule is CC(CO)N(C)C(=O)Nc1cccc(CCN2CCCC2)c1. The maximum Gasteiger partial charge on any atom is 0.321 e. The summed E-state index contributed by atoms with van der Waals surface area (Å²) >= 11 is 0. The van der Waals surface area contributed by atoms with E-state index in [0.29, 0.717) is 0 Å². The number of hydrogen-bond donors (Lipinski definition) is 2. The van der Waals surface area contributed by atoms with Crippen LogP contribution in [0, 0.1) is 0 Å². The molecular formula is C17H27N3O2. The molecule has 1 fully saturated rings. The zero-order valence-corrected chi connectivity index (χ0v) is 13.6. The van der Waals surface area contributed by atoms with E-state index in [4.69, 9.17) is 5.11 Å². The van der Waals surface area contributed by atoms with Crippen molar-refractivity contribution in [2.75, 3.05) is 38.6 Å². The number of hydrogen-bond acceptors (Lipinski definition) is 3. The van der Waals surface area contributed by atoms with E-state index in [0.717, 1.165) is 18.7 Å². The Balaban J connectivity index is 1.88. The van der Waals surface area contributed by atoms with Gasteiger partial charge in [-0.2, -0.15) is 0 Å². The quantitative estimate of drug-likeness (QED) is 0.847. The van der Waals surface area contributed by atoms with E-state index in [2.05, 4.69) is 16.3 Å². The van der Waals surface area contributed by atoms with Gasteiger partial charge in [0.1, 0.15) is 0 Å². The first kappa shape index (κ1) is 16.8. The van der Waals surface area contributed by atoms with Crippen molar-refractivity contribution in [1.82, 2.24) is 9.80 Å². The number of nitrogens with zero attached hydrogens (tertiary/aromatic N) is 2. The summed E-state index contributed by atoms with van der Waals surface area (Å²) < 4.78 is 0. The average molecular weight is 305 g/mol. The molecule has 0 aromatic heterocycles. The average Bonchev–Trinajstić information content (AvgIpc) is 3.05. The van der Waals surface area contributed by atoms with Gasteiger partial charge in [-0.15, -0.1) is 0 Å². The molecule has 1 aliphatic rings. The smallest absolute Gasteiger partial charge is 0.321 e. The second-order valence-electron chi connectivity index (χ2n) is 6.07. The number of likely N-dealkylation sites (N-methyl/N-ethyl adjacent to an activating group) is 1. The number of amides is 2. The molecule has 1 saturated heterocycles. The van der Waals surface area contributed by atoms with Crippen LogP contribution in [-0.2, 0) is 6.42 Å². The largest absolute Gasteiger partial charge is 0.394 e. The highest BCUT2D eigenvalue weighted by atomic mass is 16.3. The van der Waals surface area contributed by atoms with Gasteiger partial charge in [-0.3, -0.25) is 0 Å². The van der Waals surface area contributed by atoms with Crippen molar-refractivity contribution < 1.29 is 9.90 Å². The summed E-state index contributed by atoms with van der Waals surface area (Å²) in [5, 5.41) is 12.0. The van der Waals surface area contributed by atoms with Crippen LogP contribution in [0.5, 0.6) is 0 Å². The third-order valence-electron chi connectivity index (χ3n) is 4.34. The number of benzene rings is 1. The summed E-state index contributed by atoms with van der Waals surface area (Å²) in [5.41, 5.74) is 2.04. The normalized spacial score (nSPS) is 16.5. The fourth-order valence-electron chi connectivity index (χ4n) is 2.63. The molecule has 0 spiro atoms. The molecule has 0 bridgehead atoms. The molecule has 0 aliphatic carbocycles. The van der Waals surface area contributed by atoms with Crippen molar-refractivity contribution in [1.29, 1.82) is 0 Å². The van der Waals surface area contributed by atoms with Crippen LogP contribution in [-0.4, -0.2) is 60.3 Å². The molecule has 1 atom stereocenters. The minimum absolute atomic E-state index is 0.0419. The van der Waals surface area contributed by atoms with Crippen LogP contribution in [0.3, 0.4) is 0 Å². The molecule has 2 rings (SSSR count). The van der Waals surface area contributed by atoms with Gasteiger partial charge in [0.2, 0.25) is 0 Å². The summed E-state index contributed by atoms with van der Waals surface area (Å²) in [6.45, 7) is 5.27. The maximum absolute atomic E-state index is 12.1. The molecule has 2 N–H and O–H groups in total. The van der Waals surface area contributed by atoms with Crippen LogP contribution >= 0.6 is 0 Å². The lowest BCUT2D eigenvalue weighted by Crippen LogP contribution is -2.40. The lowest BCUT2D eigenvalue weighted by Gasteiger charge is -2.23. The number of carbonyl (C=O) groups excluding carboxylic acids is 1. The molecule has 22 heavy (non-hydrogen) atoms. The zero-order chi connectivity index (χ0) is 15.9. The third-order valence-corrected chi connectivity index (χ3v) is 4.34. The number of rotatable bonds is 6. The van der Waals surface area contributed by atoms with Gasteiger partial charge in [0, 0.05) is 19.3 Å². The molecule has 2 amide bonds. The van der Waals surface area contributed by atoms with Crippen molar-refractivity contribution in [2.45, 2.75) is 32.2 Å². The second-order valence-corrected chi connectivity index (χ2v) is 6.07. The Morgan fingerprint density at radius 3 is 2.82 bits per heavy atom. The number of anilines is 1. The minimum atomic E-state index is -0.196. The van der Waals surface area contributed by atoms with Gasteiger partial charge in [0.25, 0.3) is 0 Å². The van der Waals surface area contributed by atoms with Crippen LogP contribution in [0.15, 0.2) is 24.3 Å². The third kappa shape index (κ3) is 4.71. The summed E-state index contributed by atoms with van der Waals surface area (Å²) in [4.78, 5) is 16.1. The van der Waals surface area contributed by atoms with Crippen molar-refractivity contribution in [3.05, 3.63) is 29.8 Å². The molecule has 0 saturated carbocycles. The molecule has 1 heterocycles. The molecule has 1 aliphatic heterocycles. The Bertz CT molecular complexity index is 487. The number of nitrogens with one attached hydrogen (secondary N) is 1. The van der Waals surface area contributed by atoms with E-state index in [1.807, 2.05) is 25.1 Å². The van der Waals surface area contributed by atoms with E-state index in [1.54, 1.807) is 7.05 Å². The molecule has 1 aromatic carbocycles. The Morgan fingerprint density at radius 1 is 1.41 bits per heavy atom. The molecule has 0 radical (unpaired) electrons. The van der Waals surface area contributed by atoms with E-state index in [-0.39, 0.29) is 18.7 Å². The van der Waals surface area contributed by atoms with Gasteiger partial charge in [-0.05, 0) is 57.0 Å². The highest BCUT2D eigenvalue weighted by Crippen LogP contribution is 2.14. The first-order chi connectivity index (χ1) is 10.6. The van der Waals surface area contributed by atoms with E-state index in [1.165, 1.54) is 36.4 Å². The number of urea groups is 1. The fourth-order valence-corrected chi connectivity index (χ4v) is 2.63. The van der Waals surface area contributed by atoms with Crippen LogP contribution in [0.1, 0.15) is 25.3 Å². The highest BCUT2D eigenvalue weighted by molar-refractivity contribution is 5.89. The predicted molar refractivity (Wildman–Crippen MR) is 89.1 cm³/mol. The monoisotopic (exact) mass is 305 g/mol. The Labute approximate surface area is 132 Å². The van der Waals surface area contributed by atoms with Gasteiger partial charge in [-0.1, -0.05) is 12.1 Å². The maximum atomic E-state index is 12.1. The summed E-state index contributed by atoms with van der Waals surface area (Å²) in [6, 6.07) is 7.62. The van der Waals surface area contributed by atoms with Crippen molar-refractivity contribution >= 4 is 11.7 Å². The Hall–Kier alpha value is -1.59. The van der Waals surface area contributed by atoms with Crippen LogP contribution < -0.4 is 5.32 Å². The topological polar surface area (TPSA) is 55.8 Å². The number of aliphatic hydroxyl groups excluding tert-OH is 1. The Morgan fingerprint density at radius 2 is 2.14 bits per heavy atom. The van der Waals surface area contributed by atoms with Gasteiger partial charge in [-0.25, -0.2) is 4.79 Å². The van der Waals surface area contributed by atoms with Crippen molar-refractivity contribution in [3.8, 4) is 0 Å². The Kier molecular flexibility index (Phi) is 6.21. The molecule has 5 nitrogen and oxygen atoms in total. The minimum Gasteiger partial charge on any atom is -0.394 e. The van der Waals surface area contributed by atoms with Crippen LogP contribution in [0.25, 0.3) is 0 Å². The van der Waals surface area contributed by atoms with Crippen molar-refractivity contribution in [3.63, 3.8) is 0 Å². The fraction of sp³-hybridized carbons (Fsp3) is 0.588. The molecule has 122 valence electrons. The lowest BCUT2D eigenvalue weighted by atomic mass is 10.1. The molecule has 1 aromatic rings. The number of aliphatic hydroxyl groups is 1. The number of carbonyl (C=O) groups is 1. The zero-order valence-electron chi connectivity index (χ0n) is 13.6. The molecular weight excluding hydrogens is 278 g/mol. The first-order valence-electron chi connectivity index (χ1n) is 8.06. The first-order valence-corrected chi connectivity index (χ1v) is 8.06. The van der Waals surface area contributed by atoms with Gasteiger partial charge >= 0.3 is 6.03 Å². The van der Waals surface area contributed by atoms with Gasteiger partial charge in [0.15, 0.2) is 0 Å². The van der Waals surface area contributed by atoms with Gasteiger partial charge < -0.3 is 20.2 Å². The summed E-state index contributed by atoms with van der Waals surface area (Å²) in [7, 11) is 1.69. The van der Waals surface area contributed by atoms with E-state index in [9.17, 15) is 4.79 Å².